The van der Waals surface area contributed by atoms with Crippen molar-refractivity contribution < 1.29 is 9.90 Å². The predicted octanol–water partition coefficient (Wildman–Crippen LogP) is 4.22. The van der Waals surface area contributed by atoms with Gasteiger partial charge in [0.15, 0.2) is 5.69 Å². The fourth-order valence-corrected chi connectivity index (χ4v) is 5.51. The van der Waals surface area contributed by atoms with E-state index in [0.29, 0.717) is 23.5 Å². The maximum atomic E-state index is 12.3. The molecule has 2 saturated carbocycles. The van der Waals surface area contributed by atoms with E-state index >= 15 is 0 Å². The second-order valence-corrected chi connectivity index (χ2v) is 7.43. The van der Waals surface area contributed by atoms with Crippen LogP contribution in [-0.4, -0.2) is 10.9 Å². The highest BCUT2D eigenvalue weighted by atomic mass is 16.3. The van der Waals surface area contributed by atoms with Gasteiger partial charge in [-0.3, -0.25) is 4.79 Å². The molecule has 4 rings (SSSR count). The Kier molecular flexibility index (Phi) is 2.94. The minimum absolute atomic E-state index is 0.0103. The van der Waals surface area contributed by atoms with Crippen LogP contribution in [0.4, 0.5) is 5.69 Å². The van der Waals surface area contributed by atoms with Crippen molar-refractivity contribution in [2.45, 2.75) is 51.4 Å². The Morgan fingerprint density at radius 3 is 2.82 bits per heavy atom. The van der Waals surface area contributed by atoms with Crippen LogP contribution in [0.1, 0.15) is 56.1 Å². The minimum Gasteiger partial charge on any atom is -0.506 e. The van der Waals surface area contributed by atoms with Crippen LogP contribution in [0.2, 0.25) is 0 Å². The lowest BCUT2D eigenvalue weighted by Crippen LogP contribution is -2.42. The molecule has 4 heteroatoms. The van der Waals surface area contributed by atoms with Crippen molar-refractivity contribution >= 4 is 11.5 Å². The van der Waals surface area contributed by atoms with Crippen molar-refractivity contribution in [2.75, 3.05) is 0 Å². The highest BCUT2D eigenvalue weighted by Gasteiger charge is 2.54. The first kappa shape index (κ1) is 13.9. The zero-order valence-corrected chi connectivity index (χ0v) is 12.8. The van der Waals surface area contributed by atoms with Gasteiger partial charge in [0.25, 0.3) is 0 Å². The summed E-state index contributed by atoms with van der Waals surface area (Å²) in [7, 11) is 0. The Balaban J connectivity index is 1.77. The van der Waals surface area contributed by atoms with Crippen molar-refractivity contribution in [2.24, 2.45) is 22.4 Å². The maximum absolute atomic E-state index is 12.3. The van der Waals surface area contributed by atoms with Crippen LogP contribution in [0.15, 0.2) is 17.3 Å². The van der Waals surface area contributed by atoms with Crippen LogP contribution in [-0.2, 0) is 11.2 Å². The molecule has 0 bridgehead atoms. The number of hydrogen-bond acceptors (Lipinski definition) is 4. The number of fused-ring (bicyclic) bond motifs is 5. The number of carbonyl (C=O) groups excluding carboxylic acids is 1. The zero-order valence-electron chi connectivity index (χ0n) is 12.8. The van der Waals surface area contributed by atoms with Crippen molar-refractivity contribution in [3.05, 3.63) is 28.2 Å². The molecule has 3 aliphatic carbocycles. The smallest absolute Gasteiger partial charge is 0.153 e. The summed E-state index contributed by atoms with van der Waals surface area (Å²) in [5.41, 5.74) is 2.22. The number of Topliss-reactive ketones (excluding diaryl/α,β-unsaturated/α-hetero) is 1. The van der Waals surface area contributed by atoms with Gasteiger partial charge in [-0.2, -0.15) is 0 Å². The summed E-state index contributed by atoms with van der Waals surface area (Å²) in [6, 6.07) is 3.57. The van der Waals surface area contributed by atoms with Gasteiger partial charge in [0.05, 0.1) is 0 Å². The zero-order chi connectivity index (χ0) is 15.5. The largest absolute Gasteiger partial charge is 0.506 e. The van der Waals surface area contributed by atoms with Crippen LogP contribution in [0.25, 0.3) is 0 Å². The van der Waals surface area contributed by atoms with Gasteiger partial charge in [-0.25, -0.2) is 0 Å². The van der Waals surface area contributed by atoms with Crippen LogP contribution < -0.4 is 0 Å². The van der Waals surface area contributed by atoms with E-state index in [4.69, 9.17) is 0 Å². The lowest BCUT2D eigenvalue weighted by molar-refractivity contribution is -0.129. The van der Waals surface area contributed by atoms with Gasteiger partial charge in [-0.15, -0.1) is 4.91 Å². The SMILES string of the molecule is C[C@]12CCC3c4ccc(O)c(N=O)c4CCC3C1CCC2=O. The van der Waals surface area contributed by atoms with E-state index < -0.39 is 0 Å². The molecular formula is C18H21NO3. The third kappa shape index (κ3) is 1.67. The summed E-state index contributed by atoms with van der Waals surface area (Å²) in [6.45, 7) is 2.16. The molecule has 116 valence electrons. The number of aromatic hydroxyl groups is 1. The molecule has 1 aromatic carbocycles. The molecular weight excluding hydrogens is 278 g/mol. The number of nitroso groups, excluding NO2 is 1. The summed E-state index contributed by atoms with van der Waals surface area (Å²) >= 11 is 0. The van der Waals surface area contributed by atoms with E-state index in [1.807, 2.05) is 6.07 Å². The van der Waals surface area contributed by atoms with Gasteiger partial charge < -0.3 is 5.11 Å². The molecule has 0 radical (unpaired) electrons. The lowest BCUT2D eigenvalue weighted by atomic mass is 9.55. The molecule has 1 N–H and O–H groups in total. The van der Waals surface area contributed by atoms with Gasteiger partial charge in [0.1, 0.15) is 11.5 Å². The highest BCUT2D eigenvalue weighted by Crippen LogP contribution is 2.60. The summed E-state index contributed by atoms with van der Waals surface area (Å²) < 4.78 is 0. The molecule has 0 amide bonds. The van der Waals surface area contributed by atoms with Crippen molar-refractivity contribution in [1.82, 2.24) is 0 Å². The van der Waals surface area contributed by atoms with E-state index in [-0.39, 0.29) is 16.9 Å². The molecule has 0 aliphatic heterocycles. The van der Waals surface area contributed by atoms with Gasteiger partial charge >= 0.3 is 0 Å². The first-order valence-electron chi connectivity index (χ1n) is 8.27. The number of phenols is 1. The second kappa shape index (κ2) is 4.64. The number of carbonyl (C=O) groups is 1. The number of hydrogen-bond donors (Lipinski definition) is 1. The third-order valence-corrected chi connectivity index (χ3v) is 6.66. The lowest BCUT2D eigenvalue weighted by Gasteiger charge is -2.48. The fraction of sp³-hybridized carbons (Fsp3) is 0.611. The summed E-state index contributed by atoms with van der Waals surface area (Å²) in [4.78, 5) is 23.4. The van der Waals surface area contributed by atoms with Crippen molar-refractivity contribution in [3.63, 3.8) is 0 Å². The Bertz CT molecular complexity index is 669. The van der Waals surface area contributed by atoms with Gasteiger partial charge in [0.2, 0.25) is 0 Å². The molecule has 0 heterocycles. The van der Waals surface area contributed by atoms with Gasteiger partial charge in [-0.05, 0) is 72.2 Å². The number of nitrogens with zero attached hydrogens (tertiary/aromatic N) is 1. The molecule has 3 unspecified atom stereocenters. The first-order chi connectivity index (χ1) is 10.6. The molecule has 2 fully saturated rings. The third-order valence-electron chi connectivity index (χ3n) is 6.66. The Hall–Kier alpha value is -1.71. The summed E-state index contributed by atoms with van der Waals surface area (Å²) in [5, 5.41) is 12.9. The molecule has 4 nitrogen and oxygen atoms in total. The molecule has 0 aromatic heterocycles. The minimum atomic E-state index is -0.124. The van der Waals surface area contributed by atoms with Crippen molar-refractivity contribution in [1.29, 1.82) is 0 Å². The number of benzene rings is 1. The molecule has 22 heavy (non-hydrogen) atoms. The van der Waals surface area contributed by atoms with Gasteiger partial charge in [-0.1, -0.05) is 13.0 Å². The average molecular weight is 299 g/mol. The Morgan fingerprint density at radius 2 is 2.05 bits per heavy atom. The van der Waals surface area contributed by atoms with Crippen LogP contribution in [0, 0.1) is 22.2 Å². The van der Waals surface area contributed by atoms with Crippen LogP contribution in [0.5, 0.6) is 5.75 Å². The molecule has 0 spiro atoms. The van der Waals surface area contributed by atoms with E-state index in [1.165, 1.54) is 5.56 Å². The van der Waals surface area contributed by atoms with E-state index in [9.17, 15) is 14.8 Å². The Morgan fingerprint density at radius 1 is 1.23 bits per heavy atom. The summed E-state index contributed by atoms with van der Waals surface area (Å²) in [5.74, 6) is 1.86. The normalized spacial score (nSPS) is 36.4. The van der Waals surface area contributed by atoms with E-state index in [2.05, 4.69) is 12.1 Å². The van der Waals surface area contributed by atoms with Crippen molar-refractivity contribution in [3.8, 4) is 5.75 Å². The molecule has 4 atom stereocenters. The highest BCUT2D eigenvalue weighted by molar-refractivity contribution is 5.87. The number of phenolic OH excluding ortho intramolecular Hbond substituents is 1. The number of ketones is 1. The maximum Gasteiger partial charge on any atom is 0.153 e. The molecule has 0 saturated heterocycles. The topological polar surface area (TPSA) is 66.7 Å². The first-order valence-corrected chi connectivity index (χ1v) is 8.27. The predicted molar refractivity (Wildman–Crippen MR) is 83.2 cm³/mol. The van der Waals surface area contributed by atoms with E-state index in [0.717, 1.165) is 44.1 Å². The fourth-order valence-electron chi connectivity index (χ4n) is 5.51. The Labute approximate surface area is 129 Å². The number of rotatable bonds is 1. The molecule has 1 aromatic rings. The quantitative estimate of drug-likeness (QED) is 0.790. The van der Waals surface area contributed by atoms with Gasteiger partial charge in [0, 0.05) is 11.8 Å². The standard InChI is InChI=1S/C18H21NO3/c1-18-9-8-11-10-4-6-15(20)17(19-22)13(10)3-2-12(11)14(18)5-7-16(18)21/h4,6,11-12,14,20H,2-3,5,7-9H2,1H3/t11?,12?,14?,18-/m0/s1. The van der Waals surface area contributed by atoms with Crippen LogP contribution >= 0.6 is 0 Å². The summed E-state index contributed by atoms with van der Waals surface area (Å²) in [6.07, 6.45) is 5.47. The van der Waals surface area contributed by atoms with Crippen LogP contribution in [0.3, 0.4) is 0 Å². The van der Waals surface area contributed by atoms with E-state index in [1.54, 1.807) is 6.07 Å². The molecule has 3 aliphatic rings. The monoisotopic (exact) mass is 299 g/mol. The average Bonchev–Trinajstić information content (AvgIpc) is 2.82. The second-order valence-electron chi connectivity index (χ2n) is 7.43.